The number of carbonyl (C=O) groups is 1. The smallest absolute Gasteiger partial charge is 0.346 e. The van der Waals surface area contributed by atoms with Crippen LogP contribution in [0.4, 0.5) is 0 Å². The lowest BCUT2D eigenvalue weighted by Crippen LogP contribution is -2.24. The van der Waals surface area contributed by atoms with Gasteiger partial charge in [-0.1, -0.05) is 6.07 Å². The van der Waals surface area contributed by atoms with Crippen molar-refractivity contribution in [3.05, 3.63) is 24.3 Å². The average Bonchev–Trinajstić information content (AvgIpc) is 2.27. The summed E-state index contributed by atoms with van der Waals surface area (Å²) in [4.78, 5) is 11.3. The van der Waals surface area contributed by atoms with Crippen molar-refractivity contribution in [2.24, 2.45) is 0 Å². The van der Waals surface area contributed by atoms with Crippen molar-refractivity contribution in [2.45, 2.75) is 17.9 Å². The molecule has 0 radical (unpaired) electrons. The highest BCUT2D eigenvalue weighted by molar-refractivity contribution is 7.90. The third kappa shape index (κ3) is 3.74. The quantitative estimate of drug-likeness (QED) is 0.754. The van der Waals surface area contributed by atoms with E-state index < -0.39 is 21.9 Å². The van der Waals surface area contributed by atoms with E-state index in [0.717, 1.165) is 6.26 Å². The second-order valence-electron chi connectivity index (χ2n) is 3.53. The topological polar surface area (TPSA) is 69.7 Å². The molecule has 1 atom stereocenters. The molecule has 0 saturated carbocycles. The van der Waals surface area contributed by atoms with Gasteiger partial charge in [-0.15, -0.1) is 0 Å². The summed E-state index contributed by atoms with van der Waals surface area (Å²) in [6.07, 6.45) is 0.324. The number of benzene rings is 1. The lowest BCUT2D eigenvalue weighted by Gasteiger charge is -2.12. The van der Waals surface area contributed by atoms with E-state index >= 15 is 0 Å². The van der Waals surface area contributed by atoms with Crippen molar-refractivity contribution in [1.82, 2.24) is 0 Å². The van der Waals surface area contributed by atoms with Gasteiger partial charge in [0.1, 0.15) is 5.75 Å². The van der Waals surface area contributed by atoms with E-state index in [-0.39, 0.29) is 4.90 Å². The van der Waals surface area contributed by atoms with Crippen LogP contribution in [0.25, 0.3) is 0 Å². The summed E-state index contributed by atoms with van der Waals surface area (Å²) in [5, 5.41) is 0. The molecule has 0 N–H and O–H groups in total. The van der Waals surface area contributed by atoms with Gasteiger partial charge in [-0.3, -0.25) is 0 Å². The molecule has 1 aromatic rings. The molecule has 0 aliphatic heterocycles. The zero-order valence-corrected chi connectivity index (χ0v) is 10.7. The summed E-state index contributed by atoms with van der Waals surface area (Å²) in [5.41, 5.74) is 0. The van der Waals surface area contributed by atoms with E-state index in [1.807, 2.05) is 0 Å². The average molecular weight is 258 g/mol. The van der Waals surface area contributed by atoms with Crippen molar-refractivity contribution < 1.29 is 22.7 Å². The molecule has 1 unspecified atom stereocenters. The van der Waals surface area contributed by atoms with Gasteiger partial charge in [0.05, 0.1) is 12.0 Å². The first kappa shape index (κ1) is 13.5. The van der Waals surface area contributed by atoms with Gasteiger partial charge in [-0.25, -0.2) is 13.2 Å². The zero-order chi connectivity index (χ0) is 13.1. The highest BCUT2D eigenvalue weighted by Crippen LogP contribution is 2.18. The van der Waals surface area contributed by atoms with Crippen LogP contribution < -0.4 is 4.74 Å². The predicted molar refractivity (Wildman–Crippen MR) is 61.7 cm³/mol. The van der Waals surface area contributed by atoms with Crippen molar-refractivity contribution in [2.75, 3.05) is 13.4 Å². The Balaban J connectivity index is 2.90. The molecule has 0 aliphatic rings. The summed E-state index contributed by atoms with van der Waals surface area (Å²) >= 11 is 0. The number of rotatable bonds is 4. The van der Waals surface area contributed by atoms with Gasteiger partial charge in [-0.2, -0.15) is 0 Å². The molecule has 0 amide bonds. The fourth-order valence-electron chi connectivity index (χ4n) is 1.20. The van der Waals surface area contributed by atoms with Gasteiger partial charge < -0.3 is 9.47 Å². The molecule has 1 aromatic carbocycles. The van der Waals surface area contributed by atoms with Crippen LogP contribution in [-0.4, -0.2) is 33.9 Å². The number of ether oxygens (including phenoxy) is 2. The summed E-state index contributed by atoms with van der Waals surface area (Å²) < 4.78 is 32.4. The summed E-state index contributed by atoms with van der Waals surface area (Å²) in [5.74, 6) is -0.208. The molecule has 6 heteroatoms. The van der Waals surface area contributed by atoms with Crippen LogP contribution >= 0.6 is 0 Å². The van der Waals surface area contributed by atoms with E-state index in [0.29, 0.717) is 5.75 Å². The molecule has 17 heavy (non-hydrogen) atoms. The van der Waals surface area contributed by atoms with Crippen LogP contribution in [0.2, 0.25) is 0 Å². The van der Waals surface area contributed by atoms with Gasteiger partial charge in [0, 0.05) is 6.26 Å². The first-order chi connectivity index (χ1) is 7.84. The Kier molecular flexibility index (Phi) is 4.11. The van der Waals surface area contributed by atoms with Crippen LogP contribution in [-0.2, 0) is 19.4 Å². The molecule has 0 saturated heterocycles. The molecular weight excluding hydrogens is 244 g/mol. The number of esters is 1. The Labute approximate surface area is 100 Å². The van der Waals surface area contributed by atoms with E-state index in [1.165, 1.54) is 26.2 Å². The lowest BCUT2D eigenvalue weighted by atomic mass is 10.3. The second kappa shape index (κ2) is 5.18. The SMILES string of the molecule is COC(=O)C(C)Oc1cccc(S(C)(=O)=O)c1. The molecule has 0 bridgehead atoms. The van der Waals surface area contributed by atoms with Crippen LogP contribution in [0.15, 0.2) is 29.2 Å². The van der Waals surface area contributed by atoms with E-state index in [9.17, 15) is 13.2 Å². The maximum atomic E-state index is 11.3. The molecule has 5 nitrogen and oxygen atoms in total. The van der Waals surface area contributed by atoms with Crippen molar-refractivity contribution in [3.63, 3.8) is 0 Å². The molecule has 0 fully saturated rings. The normalized spacial score (nSPS) is 12.9. The third-order valence-electron chi connectivity index (χ3n) is 2.08. The maximum absolute atomic E-state index is 11.3. The summed E-state index contributed by atoms with van der Waals surface area (Å²) in [6, 6.07) is 5.96. The molecule has 0 aliphatic carbocycles. The molecule has 94 valence electrons. The highest BCUT2D eigenvalue weighted by atomic mass is 32.2. The largest absolute Gasteiger partial charge is 0.479 e. The Morgan fingerprint density at radius 2 is 2.00 bits per heavy atom. The number of sulfone groups is 1. The van der Waals surface area contributed by atoms with Crippen molar-refractivity contribution in [3.8, 4) is 5.75 Å². The monoisotopic (exact) mass is 258 g/mol. The molecule has 0 heterocycles. The minimum Gasteiger partial charge on any atom is -0.479 e. The lowest BCUT2D eigenvalue weighted by molar-refractivity contribution is -0.147. The minimum atomic E-state index is -3.28. The van der Waals surface area contributed by atoms with Crippen LogP contribution in [0.1, 0.15) is 6.92 Å². The first-order valence-corrected chi connectivity index (χ1v) is 6.78. The maximum Gasteiger partial charge on any atom is 0.346 e. The minimum absolute atomic E-state index is 0.145. The van der Waals surface area contributed by atoms with Gasteiger partial charge in [0.25, 0.3) is 0 Å². The number of methoxy groups -OCH3 is 1. The standard InChI is InChI=1S/C11H14O5S/c1-8(11(12)15-2)16-9-5-4-6-10(7-9)17(3,13)14/h4-8H,1-3H3. The van der Waals surface area contributed by atoms with Crippen molar-refractivity contribution >= 4 is 15.8 Å². The second-order valence-corrected chi connectivity index (χ2v) is 5.55. The fourth-order valence-corrected chi connectivity index (χ4v) is 1.85. The Morgan fingerprint density at radius 1 is 1.35 bits per heavy atom. The van der Waals surface area contributed by atoms with E-state index in [4.69, 9.17) is 4.74 Å². The van der Waals surface area contributed by atoms with Gasteiger partial charge >= 0.3 is 5.97 Å². The number of hydrogen-bond donors (Lipinski definition) is 0. The van der Waals surface area contributed by atoms with Gasteiger partial charge in [0.15, 0.2) is 15.9 Å². The highest BCUT2D eigenvalue weighted by Gasteiger charge is 2.15. The zero-order valence-electron chi connectivity index (χ0n) is 9.84. The van der Waals surface area contributed by atoms with Gasteiger partial charge in [-0.05, 0) is 25.1 Å². The Morgan fingerprint density at radius 3 is 2.53 bits per heavy atom. The summed E-state index contributed by atoms with van der Waals surface area (Å²) in [6.45, 7) is 1.53. The number of carbonyl (C=O) groups excluding carboxylic acids is 1. The van der Waals surface area contributed by atoms with E-state index in [1.54, 1.807) is 12.1 Å². The third-order valence-corrected chi connectivity index (χ3v) is 3.19. The molecule has 0 aromatic heterocycles. The van der Waals surface area contributed by atoms with Gasteiger partial charge in [0.2, 0.25) is 0 Å². The summed E-state index contributed by atoms with van der Waals surface area (Å²) in [7, 11) is -2.02. The molecular formula is C11H14O5S. The Hall–Kier alpha value is -1.56. The predicted octanol–water partition coefficient (Wildman–Crippen LogP) is 1.03. The fraction of sp³-hybridized carbons (Fsp3) is 0.364. The number of hydrogen-bond acceptors (Lipinski definition) is 5. The van der Waals surface area contributed by atoms with E-state index in [2.05, 4.69) is 4.74 Å². The van der Waals surface area contributed by atoms with Crippen LogP contribution in [0.5, 0.6) is 5.75 Å². The molecule has 0 spiro atoms. The van der Waals surface area contributed by atoms with Crippen LogP contribution in [0, 0.1) is 0 Å². The van der Waals surface area contributed by atoms with Crippen molar-refractivity contribution in [1.29, 1.82) is 0 Å². The molecule has 1 rings (SSSR count). The first-order valence-electron chi connectivity index (χ1n) is 4.89. The van der Waals surface area contributed by atoms with Crippen LogP contribution in [0.3, 0.4) is 0 Å². The Bertz CT molecular complexity index is 506.